The number of nitrogens with zero attached hydrogens (tertiary/aromatic N) is 6. The minimum Gasteiger partial charge on any atom is -0.208 e. The SMILES string of the molecule is c1ccc(-c2nc(-c3ccccc3)nc(-c3ccccc3-c3ccc(-c4nc(-c5ccccc5)nc(-c5ccccc5)n4)c(-c4ccc5ccccc5c4)c3)n2)cc1. The van der Waals surface area contributed by atoms with Crippen LogP contribution in [0.15, 0.2) is 206 Å². The Morgan fingerprint density at radius 2 is 0.534 bits per heavy atom. The first kappa shape index (κ1) is 34.5. The topological polar surface area (TPSA) is 77.3 Å². The zero-order valence-corrected chi connectivity index (χ0v) is 31.3. The molecule has 0 aliphatic heterocycles. The summed E-state index contributed by atoms with van der Waals surface area (Å²) >= 11 is 0. The van der Waals surface area contributed by atoms with Gasteiger partial charge in [0.25, 0.3) is 0 Å². The average Bonchev–Trinajstić information content (AvgIpc) is 3.32. The van der Waals surface area contributed by atoms with Gasteiger partial charge in [0.2, 0.25) is 0 Å². The molecule has 6 nitrogen and oxygen atoms in total. The second-order valence-electron chi connectivity index (χ2n) is 13.9. The lowest BCUT2D eigenvalue weighted by Gasteiger charge is -2.16. The van der Waals surface area contributed by atoms with Crippen molar-refractivity contribution < 1.29 is 0 Å². The van der Waals surface area contributed by atoms with Crippen molar-refractivity contribution >= 4 is 10.8 Å². The van der Waals surface area contributed by atoms with Gasteiger partial charge in [-0.1, -0.05) is 188 Å². The zero-order valence-electron chi connectivity index (χ0n) is 31.3. The van der Waals surface area contributed by atoms with E-state index in [0.29, 0.717) is 34.9 Å². The molecular weight excluding hydrogens is 709 g/mol. The predicted octanol–water partition coefficient (Wildman–Crippen LogP) is 12.5. The maximum atomic E-state index is 5.14. The van der Waals surface area contributed by atoms with Crippen molar-refractivity contribution in [3.05, 3.63) is 206 Å². The van der Waals surface area contributed by atoms with Crippen LogP contribution < -0.4 is 0 Å². The monoisotopic (exact) mass is 742 g/mol. The van der Waals surface area contributed by atoms with Crippen LogP contribution in [0.3, 0.4) is 0 Å². The highest BCUT2D eigenvalue weighted by atomic mass is 15.0. The van der Waals surface area contributed by atoms with Gasteiger partial charge < -0.3 is 0 Å². The Morgan fingerprint density at radius 1 is 0.190 bits per heavy atom. The molecule has 10 aromatic rings. The Morgan fingerprint density at radius 3 is 1.02 bits per heavy atom. The normalized spacial score (nSPS) is 11.1. The lowest BCUT2D eigenvalue weighted by molar-refractivity contribution is 1.07. The summed E-state index contributed by atoms with van der Waals surface area (Å²) in [5.74, 6) is 3.64. The molecular formula is C52H34N6. The second-order valence-corrected chi connectivity index (χ2v) is 13.9. The van der Waals surface area contributed by atoms with Crippen LogP contribution in [-0.4, -0.2) is 29.9 Å². The Hall–Kier alpha value is -7.96. The van der Waals surface area contributed by atoms with Crippen molar-refractivity contribution in [2.24, 2.45) is 0 Å². The molecule has 0 unspecified atom stereocenters. The minimum atomic E-state index is 0.591. The summed E-state index contributed by atoms with van der Waals surface area (Å²) in [5, 5.41) is 2.32. The van der Waals surface area contributed by atoms with Crippen molar-refractivity contribution in [1.82, 2.24) is 29.9 Å². The molecule has 10 rings (SSSR count). The summed E-state index contributed by atoms with van der Waals surface area (Å²) in [4.78, 5) is 30.4. The van der Waals surface area contributed by atoms with Crippen molar-refractivity contribution in [2.45, 2.75) is 0 Å². The summed E-state index contributed by atoms with van der Waals surface area (Å²) in [7, 11) is 0. The van der Waals surface area contributed by atoms with Gasteiger partial charge in [-0.05, 0) is 51.2 Å². The van der Waals surface area contributed by atoms with Crippen LogP contribution >= 0.6 is 0 Å². The molecule has 6 heteroatoms. The summed E-state index contributed by atoms with van der Waals surface area (Å²) in [6.07, 6.45) is 0. The molecule has 58 heavy (non-hydrogen) atoms. The molecule has 0 aliphatic carbocycles. The van der Waals surface area contributed by atoms with Gasteiger partial charge in [-0.25, -0.2) is 29.9 Å². The van der Waals surface area contributed by atoms with Gasteiger partial charge in [0.05, 0.1) is 0 Å². The molecule has 0 bridgehead atoms. The summed E-state index contributed by atoms with van der Waals surface area (Å²) in [5.41, 5.74) is 9.52. The fourth-order valence-corrected chi connectivity index (χ4v) is 7.29. The molecule has 0 spiro atoms. The molecule has 0 radical (unpaired) electrons. The Kier molecular flexibility index (Phi) is 9.10. The van der Waals surface area contributed by atoms with Gasteiger partial charge in [0.1, 0.15) is 0 Å². The number of rotatable bonds is 8. The fraction of sp³-hybridized carbons (Fsp3) is 0. The van der Waals surface area contributed by atoms with Crippen LogP contribution in [0.1, 0.15) is 0 Å². The molecule has 0 amide bonds. The molecule has 0 atom stereocenters. The van der Waals surface area contributed by atoms with E-state index in [4.69, 9.17) is 29.9 Å². The van der Waals surface area contributed by atoms with Crippen LogP contribution in [0.4, 0.5) is 0 Å². The Labute approximate surface area is 336 Å². The van der Waals surface area contributed by atoms with Gasteiger partial charge >= 0.3 is 0 Å². The van der Waals surface area contributed by atoms with Gasteiger partial charge in [0.15, 0.2) is 34.9 Å². The van der Waals surface area contributed by atoms with Crippen molar-refractivity contribution in [2.75, 3.05) is 0 Å². The maximum absolute atomic E-state index is 5.14. The summed E-state index contributed by atoms with van der Waals surface area (Å²) in [6.45, 7) is 0. The van der Waals surface area contributed by atoms with E-state index < -0.39 is 0 Å². The molecule has 272 valence electrons. The smallest absolute Gasteiger partial charge is 0.164 e. The third-order valence-electron chi connectivity index (χ3n) is 10.2. The molecule has 0 saturated heterocycles. The van der Waals surface area contributed by atoms with Crippen molar-refractivity contribution in [3.63, 3.8) is 0 Å². The molecule has 8 aromatic carbocycles. The van der Waals surface area contributed by atoms with E-state index in [2.05, 4.69) is 78.9 Å². The number of hydrogen-bond donors (Lipinski definition) is 0. The lowest BCUT2D eigenvalue weighted by Crippen LogP contribution is -2.02. The van der Waals surface area contributed by atoms with E-state index in [1.54, 1.807) is 0 Å². The van der Waals surface area contributed by atoms with Crippen molar-refractivity contribution in [3.8, 4) is 90.6 Å². The minimum absolute atomic E-state index is 0.591. The first-order chi connectivity index (χ1) is 28.7. The highest BCUT2D eigenvalue weighted by molar-refractivity contribution is 5.93. The van der Waals surface area contributed by atoms with Gasteiger partial charge in [-0.2, -0.15) is 0 Å². The number of hydrogen-bond acceptors (Lipinski definition) is 6. The Bertz CT molecular complexity index is 2930. The van der Waals surface area contributed by atoms with Crippen molar-refractivity contribution in [1.29, 1.82) is 0 Å². The standard InChI is InChI=1S/C52H34N6/c1-5-18-36(19-6-1)47-53-48(37-20-7-2-8-21-37)56-51(55-47)44-28-16-15-27-43(44)42-31-32-45(46(34-42)41-30-29-35-17-13-14-26-40(35)33-41)52-57-49(38-22-9-3-10-23-38)54-50(58-52)39-24-11-4-12-25-39/h1-34H. The van der Waals surface area contributed by atoms with Crippen LogP contribution in [-0.2, 0) is 0 Å². The van der Waals surface area contributed by atoms with Crippen LogP contribution in [0, 0.1) is 0 Å². The largest absolute Gasteiger partial charge is 0.208 e. The van der Waals surface area contributed by atoms with Crippen LogP contribution in [0.25, 0.3) is 101 Å². The van der Waals surface area contributed by atoms with E-state index in [9.17, 15) is 0 Å². The van der Waals surface area contributed by atoms with E-state index in [0.717, 1.165) is 61.0 Å². The fourth-order valence-electron chi connectivity index (χ4n) is 7.29. The molecule has 2 aromatic heterocycles. The molecule has 0 saturated carbocycles. The summed E-state index contributed by atoms with van der Waals surface area (Å²) < 4.78 is 0. The van der Waals surface area contributed by atoms with Gasteiger partial charge in [-0.15, -0.1) is 0 Å². The third kappa shape index (κ3) is 6.91. The lowest BCUT2D eigenvalue weighted by atomic mass is 9.91. The Balaban J connectivity index is 1.18. The first-order valence-corrected chi connectivity index (χ1v) is 19.2. The molecule has 0 N–H and O–H groups in total. The molecule has 0 aliphatic rings. The van der Waals surface area contributed by atoms with E-state index in [1.807, 2.05) is 127 Å². The quantitative estimate of drug-likeness (QED) is 0.154. The summed E-state index contributed by atoms with van der Waals surface area (Å²) in [6, 6.07) is 70.1. The second kappa shape index (κ2) is 15.3. The number of fused-ring (bicyclic) bond motifs is 1. The highest BCUT2D eigenvalue weighted by Crippen LogP contribution is 2.39. The molecule has 0 fully saturated rings. The number of aromatic nitrogens is 6. The van der Waals surface area contributed by atoms with Crippen LogP contribution in [0.5, 0.6) is 0 Å². The molecule has 2 heterocycles. The van der Waals surface area contributed by atoms with Gasteiger partial charge in [-0.3, -0.25) is 0 Å². The number of benzene rings is 8. The first-order valence-electron chi connectivity index (χ1n) is 19.2. The average molecular weight is 743 g/mol. The van der Waals surface area contributed by atoms with Crippen LogP contribution in [0.2, 0.25) is 0 Å². The van der Waals surface area contributed by atoms with Gasteiger partial charge in [0, 0.05) is 33.4 Å². The van der Waals surface area contributed by atoms with E-state index in [-0.39, 0.29) is 0 Å². The van der Waals surface area contributed by atoms with E-state index in [1.165, 1.54) is 5.39 Å². The predicted molar refractivity (Wildman–Crippen MR) is 234 cm³/mol. The third-order valence-corrected chi connectivity index (χ3v) is 10.2. The highest BCUT2D eigenvalue weighted by Gasteiger charge is 2.20. The zero-order chi connectivity index (χ0) is 38.7. The maximum Gasteiger partial charge on any atom is 0.164 e. The van der Waals surface area contributed by atoms with E-state index >= 15 is 0 Å².